The average molecular weight is 1270 g/mol. The van der Waals surface area contributed by atoms with E-state index < -0.39 is 105 Å². The first-order chi connectivity index (χ1) is 41.2. The molecule has 2 aliphatic carbocycles. The second kappa shape index (κ2) is 29.1. The number of nitrogens with two attached hydrogens (primary N) is 2. The molecule has 2 aliphatic heterocycles. The molecular formula is C53H63Cl2F3N10O15P2. The highest BCUT2D eigenvalue weighted by atomic mass is 35.5. The minimum Gasteiger partial charge on any atom is -0.481 e. The Morgan fingerprint density at radius 1 is 0.788 bits per heavy atom. The molecule has 6 heterocycles. The monoisotopic (exact) mass is 1270 g/mol. The first kappa shape index (κ1) is 64.3. The smallest absolute Gasteiger partial charge is 0.475 e. The Kier molecular flexibility index (Phi) is 22.0. The van der Waals surface area contributed by atoms with Crippen molar-refractivity contribution >= 4 is 85.0 Å². The van der Waals surface area contributed by atoms with E-state index in [-0.39, 0.29) is 103 Å². The summed E-state index contributed by atoms with van der Waals surface area (Å²) in [6.07, 6.45) is 3.65. The van der Waals surface area contributed by atoms with Gasteiger partial charge in [0.05, 0.1) is 88.5 Å². The molecule has 10 rings (SSSR count). The van der Waals surface area contributed by atoms with Gasteiger partial charge in [-0.2, -0.15) is 9.97 Å². The van der Waals surface area contributed by atoms with Gasteiger partial charge in [0.25, 0.3) is 11.1 Å². The molecule has 6 aromatic rings. The Balaban J connectivity index is 0.000000236. The number of hydrogen-bond acceptors (Lipinski definition) is 20. The lowest BCUT2D eigenvalue weighted by Gasteiger charge is -2.30. The van der Waals surface area contributed by atoms with E-state index in [9.17, 15) is 46.6 Å². The van der Waals surface area contributed by atoms with Gasteiger partial charge in [-0.3, -0.25) is 60.7 Å². The van der Waals surface area contributed by atoms with E-state index in [1.807, 2.05) is 0 Å². The quantitative estimate of drug-likeness (QED) is 0.0271. The van der Waals surface area contributed by atoms with Crippen LogP contribution in [-0.2, 0) is 50.6 Å². The molecular weight excluding hydrogens is 1210 g/mol. The van der Waals surface area contributed by atoms with Crippen LogP contribution in [-0.4, -0.2) is 107 Å². The van der Waals surface area contributed by atoms with Crippen LogP contribution in [0.4, 0.5) is 25.1 Å². The number of carboxylic acids is 1. The maximum Gasteiger partial charge on any atom is 0.475 e. The Labute approximate surface area is 497 Å². The van der Waals surface area contributed by atoms with Crippen LogP contribution >= 0.6 is 38.8 Å². The van der Waals surface area contributed by atoms with E-state index in [0.717, 1.165) is 0 Å². The molecule has 460 valence electrons. The highest BCUT2D eigenvalue weighted by Crippen LogP contribution is 2.60. The van der Waals surface area contributed by atoms with E-state index in [0.29, 0.717) is 28.4 Å². The molecule has 0 radical (unpaired) electrons. The number of alkyl halides is 1. The van der Waals surface area contributed by atoms with E-state index in [2.05, 4.69) is 43.1 Å². The molecule has 4 fully saturated rings. The normalized spacial score (nSPS) is 25.6. The zero-order valence-corrected chi connectivity index (χ0v) is 49.6. The summed E-state index contributed by atoms with van der Waals surface area (Å²) >= 11 is 12.0. The summed E-state index contributed by atoms with van der Waals surface area (Å²) in [6, 6.07) is 7.07. The number of benzene rings is 2. The standard InChI is InChI=1S/C25H28ClFN5O7P.C21H22ClFN5O6P.C4H8O2.C2H2.CH3F/c1-12(2)24(34)38-20-9-18(32-11-29-21-22(32)30-25(28)31-23(21)33)13(3)16(20)10-37-40(35)36-7-6-19(39-40)15-8-14(26)4-5-17(15)27;1-10-13(16(29)7-15(10)28-9-25-18-19(28)26-21(24)27-20(18)30)8-33-35(31)32-5-4-17(34-35)12-6-11(22)2-3-14(12)23;1-3(2)4(5)6;2*1-2/h4-5,8,11-12,16,18-20H,3,6-7,9-10H2,1-2H3,(H3,28,30,31,33);2-3,6,9,13,15-17,29H,1,4-5,7-8H2,(H3,24,26,27,30);3H,1-2H3,(H,5,6);1-2H;1H3/t16-,18?,19+,20-,40-;13-,15?,16-,17+,35-;;;/m00.../s1/i;;;1D,2D;. The van der Waals surface area contributed by atoms with Crippen molar-refractivity contribution < 1.29 is 76.7 Å². The SMILES string of the molecule is C=C1C(n2cnc3c(=O)[nH]c(N)nc32)C[C@H](O)[C@H]1CO[P@]1(=O)OCC[C@H](c2cc(Cl)ccc2F)O1.C=C1C(n2cnc3c(=O)[nH]c(N)nc32)C[C@H](OC(=O)C(C)C)[C@H]1CO[P@]1(=O)OCC[C@H](c2cc(Cl)ccc2F)O1.CC(C)C(=O)O.CF.[2H]C#C[2H]. The van der Waals surface area contributed by atoms with Crippen molar-refractivity contribution in [2.45, 2.75) is 89.9 Å². The van der Waals surface area contributed by atoms with Crippen molar-refractivity contribution in [2.75, 3.05) is 45.1 Å². The fraction of sp³-hybridized carbons (Fsp3) is 0.434. The Morgan fingerprint density at radius 2 is 1.21 bits per heavy atom. The number of phosphoric ester groups is 2. The number of phosphoric acid groups is 2. The number of carbonyl (C=O) groups excluding carboxylic acids is 1. The van der Waals surface area contributed by atoms with Crippen molar-refractivity contribution in [1.29, 1.82) is 0 Å². The summed E-state index contributed by atoms with van der Waals surface area (Å²) in [6.45, 7) is 14.5. The molecule has 4 aliphatic rings. The number of carbonyl (C=O) groups is 2. The summed E-state index contributed by atoms with van der Waals surface area (Å²) in [7, 11) is -7.71. The van der Waals surface area contributed by atoms with Crippen LogP contribution in [0.1, 0.15) is 91.5 Å². The zero-order valence-electron chi connectivity index (χ0n) is 48.3. The molecule has 0 spiro atoms. The van der Waals surface area contributed by atoms with Crippen LogP contribution in [0.15, 0.2) is 82.9 Å². The number of terminal acetylenes is 1. The number of halogens is 5. The molecule has 2 unspecified atom stereocenters. The number of nitrogens with zero attached hydrogens (tertiary/aromatic N) is 6. The molecule has 0 bridgehead atoms. The highest BCUT2D eigenvalue weighted by Gasteiger charge is 2.46. The predicted molar refractivity (Wildman–Crippen MR) is 307 cm³/mol. The first-order valence-corrected chi connectivity index (χ1v) is 29.5. The zero-order chi connectivity index (χ0) is 64.2. The lowest BCUT2D eigenvalue weighted by Crippen LogP contribution is -2.28. The number of fused-ring (bicyclic) bond motifs is 2. The third-order valence-electron chi connectivity index (χ3n) is 13.7. The predicted octanol–water partition coefficient (Wildman–Crippen LogP) is 9.32. The second-order valence-electron chi connectivity index (χ2n) is 19.9. The summed E-state index contributed by atoms with van der Waals surface area (Å²) in [5.74, 6) is -4.33. The molecule has 25 nitrogen and oxygen atoms in total. The number of ether oxygens (including phenoxy) is 1. The number of H-pyrrole nitrogens is 2. The first-order valence-electron chi connectivity index (χ1n) is 26.9. The Hall–Kier alpha value is -6.73. The van der Waals surface area contributed by atoms with Gasteiger partial charge in [0.15, 0.2) is 22.3 Å². The number of carboxylic acid groups (broad SMARTS) is 1. The summed E-state index contributed by atoms with van der Waals surface area (Å²) in [4.78, 5) is 68.0. The van der Waals surface area contributed by atoms with E-state index >= 15 is 0 Å². The van der Waals surface area contributed by atoms with Crippen molar-refractivity contribution in [1.82, 2.24) is 39.0 Å². The van der Waals surface area contributed by atoms with Gasteiger partial charge in [0.2, 0.25) is 11.9 Å². The molecule has 85 heavy (non-hydrogen) atoms. The third kappa shape index (κ3) is 16.0. The topological polar surface area (TPSA) is 353 Å². The van der Waals surface area contributed by atoms with Gasteiger partial charge in [-0.25, -0.2) is 27.9 Å². The van der Waals surface area contributed by atoms with Crippen LogP contribution in [0.2, 0.25) is 10.0 Å². The number of nitrogens with one attached hydrogen (secondary N) is 2. The van der Waals surface area contributed by atoms with Gasteiger partial charge in [0, 0.05) is 52.3 Å². The van der Waals surface area contributed by atoms with Crippen LogP contribution in [0.25, 0.3) is 22.3 Å². The minimum atomic E-state index is -4.15. The number of imidazole rings is 2. The van der Waals surface area contributed by atoms with Crippen molar-refractivity contribution in [3.05, 3.63) is 127 Å². The lowest BCUT2D eigenvalue weighted by atomic mass is 10.0. The average Bonchev–Trinajstić information content (AvgIpc) is 1.84. The van der Waals surface area contributed by atoms with Gasteiger partial charge < -0.3 is 35.6 Å². The fourth-order valence-corrected chi connectivity index (χ4v) is 12.4. The number of aliphatic hydroxyl groups excluding tert-OH is 1. The maximum absolute atomic E-state index is 14.5. The van der Waals surface area contributed by atoms with Crippen molar-refractivity contribution in [3.8, 4) is 12.8 Å². The van der Waals surface area contributed by atoms with E-state index in [1.165, 1.54) is 49.1 Å². The fourth-order valence-electron chi connectivity index (χ4n) is 9.28. The van der Waals surface area contributed by atoms with Crippen LogP contribution in [0.5, 0.6) is 0 Å². The number of esters is 1. The maximum atomic E-state index is 14.5. The van der Waals surface area contributed by atoms with Crippen LogP contribution in [0, 0.1) is 48.1 Å². The highest BCUT2D eigenvalue weighted by molar-refractivity contribution is 7.48. The second-order valence-corrected chi connectivity index (χ2v) is 24.0. The number of hydrogen-bond donors (Lipinski definition) is 6. The number of aromatic nitrogens is 8. The largest absolute Gasteiger partial charge is 0.481 e. The van der Waals surface area contributed by atoms with Gasteiger partial charge in [-0.15, -0.1) is 12.8 Å². The van der Waals surface area contributed by atoms with E-state index in [1.54, 1.807) is 49.6 Å². The molecule has 2 saturated heterocycles. The lowest BCUT2D eigenvalue weighted by molar-refractivity contribution is -0.154. The molecule has 32 heteroatoms. The Morgan fingerprint density at radius 3 is 1.64 bits per heavy atom. The molecule has 2 aromatic carbocycles. The van der Waals surface area contributed by atoms with Crippen LogP contribution in [0.3, 0.4) is 0 Å². The van der Waals surface area contributed by atoms with Crippen molar-refractivity contribution in [3.63, 3.8) is 0 Å². The number of aromatic amines is 2. The summed E-state index contributed by atoms with van der Waals surface area (Å²) in [5, 5.41) is 19.3. The third-order valence-corrected chi connectivity index (χ3v) is 17.1. The number of aliphatic carboxylic acids is 1. The molecule has 0 amide bonds. The molecule has 2 saturated carbocycles. The number of nitrogen functional groups attached to an aromatic ring is 2. The summed E-state index contributed by atoms with van der Waals surface area (Å²) in [5.41, 5.74) is 12.5. The van der Waals surface area contributed by atoms with Gasteiger partial charge in [-0.05, 0) is 54.0 Å². The number of aliphatic hydroxyl groups is 1. The van der Waals surface area contributed by atoms with Gasteiger partial charge in [0.1, 0.15) is 20.5 Å². The van der Waals surface area contributed by atoms with Gasteiger partial charge in [-0.1, -0.05) is 64.1 Å². The number of rotatable bonds is 13. The Bertz CT molecular complexity index is 3770. The van der Waals surface area contributed by atoms with E-state index in [4.69, 9.17) is 74.4 Å². The molecule has 10 atom stereocenters. The molecule has 8 N–H and O–H groups in total. The summed E-state index contributed by atoms with van der Waals surface area (Å²) < 4.78 is 119. The molecule has 4 aromatic heterocycles. The van der Waals surface area contributed by atoms with Crippen LogP contribution < -0.4 is 22.6 Å². The van der Waals surface area contributed by atoms with Gasteiger partial charge >= 0.3 is 27.6 Å². The number of anilines is 2. The minimum absolute atomic E-state index is 0.00341. The van der Waals surface area contributed by atoms with Crippen molar-refractivity contribution in [2.24, 2.45) is 23.7 Å².